The van der Waals surface area contributed by atoms with Crippen molar-refractivity contribution >= 4 is 23.5 Å². The minimum absolute atomic E-state index is 0.460. The van der Waals surface area contributed by atoms with Crippen LogP contribution in [0.5, 0.6) is 0 Å². The summed E-state index contributed by atoms with van der Waals surface area (Å²) in [7, 11) is 0. The summed E-state index contributed by atoms with van der Waals surface area (Å²) in [5.74, 6) is 7.19. The number of thioether (sulfide) groups is 2. The van der Waals surface area contributed by atoms with Gasteiger partial charge in [0.25, 0.3) is 0 Å². The lowest BCUT2D eigenvalue weighted by Crippen LogP contribution is -2.47. The van der Waals surface area contributed by atoms with Crippen LogP contribution in [0.15, 0.2) is 0 Å². The van der Waals surface area contributed by atoms with Crippen LogP contribution in [-0.2, 0) is 0 Å². The molecule has 1 heterocycles. The Morgan fingerprint density at radius 3 is 3.07 bits per heavy atom. The maximum Gasteiger partial charge on any atom is 0.0545 e. The largest absolute Gasteiger partial charge is 0.312 e. The molecule has 0 aliphatic carbocycles. The summed E-state index contributed by atoms with van der Waals surface area (Å²) in [5.41, 5.74) is 0.460. The van der Waals surface area contributed by atoms with Crippen LogP contribution in [0.3, 0.4) is 0 Å². The van der Waals surface area contributed by atoms with E-state index in [-0.39, 0.29) is 0 Å². The van der Waals surface area contributed by atoms with Crippen molar-refractivity contribution in [1.29, 1.82) is 0 Å². The van der Waals surface area contributed by atoms with Crippen molar-refractivity contribution < 1.29 is 0 Å². The van der Waals surface area contributed by atoms with Crippen LogP contribution in [0.25, 0.3) is 0 Å². The van der Waals surface area contributed by atoms with Crippen molar-refractivity contribution in [2.75, 3.05) is 29.6 Å². The molecule has 0 aromatic heterocycles. The molecule has 1 aliphatic heterocycles. The first-order valence-corrected chi connectivity index (χ1v) is 7.80. The average Bonchev–Trinajstić information content (AvgIpc) is 2.19. The van der Waals surface area contributed by atoms with Gasteiger partial charge >= 0.3 is 0 Å². The normalized spacial score (nSPS) is 24.7. The smallest absolute Gasteiger partial charge is 0.0545 e. The Bertz CT molecular complexity index is 220. The lowest BCUT2D eigenvalue weighted by Gasteiger charge is -2.38. The number of hydrogen-bond donors (Lipinski definition) is 1. The number of nitrogens with one attached hydrogen (secondary N) is 1. The fourth-order valence-electron chi connectivity index (χ4n) is 1.71. The third-order valence-corrected chi connectivity index (χ3v) is 4.87. The summed E-state index contributed by atoms with van der Waals surface area (Å²) in [6.07, 6.45) is 6.53. The molecule has 1 unspecified atom stereocenters. The van der Waals surface area contributed by atoms with Gasteiger partial charge in [0.1, 0.15) is 0 Å². The Labute approximate surface area is 103 Å². The summed E-state index contributed by atoms with van der Waals surface area (Å²) in [6.45, 7) is 5.83. The zero-order valence-corrected chi connectivity index (χ0v) is 11.3. The molecule has 1 fully saturated rings. The molecule has 1 saturated heterocycles. The highest BCUT2D eigenvalue weighted by Crippen LogP contribution is 2.33. The molecule has 0 amide bonds. The van der Waals surface area contributed by atoms with E-state index in [2.05, 4.69) is 36.8 Å². The Kier molecular flexibility index (Phi) is 5.96. The molecule has 0 bridgehead atoms. The van der Waals surface area contributed by atoms with E-state index in [4.69, 9.17) is 6.42 Å². The third kappa shape index (κ3) is 4.72. The van der Waals surface area contributed by atoms with Gasteiger partial charge in [0, 0.05) is 24.1 Å². The highest BCUT2D eigenvalue weighted by atomic mass is 32.2. The zero-order valence-electron chi connectivity index (χ0n) is 9.71. The average molecular weight is 243 g/mol. The lowest BCUT2D eigenvalue weighted by molar-refractivity contribution is 0.250. The number of rotatable bonds is 5. The quantitative estimate of drug-likeness (QED) is 0.588. The van der Waals surface area contributed by atoms with Crippen LogP contribution < -0.4 is 5.32 Å². The van der Waals surface area contributed by atoms with Crippen LogP contribution >= 0.6 is 23.5 Å². The monoisotopic (exact) mass is 243 g/mol. The predicted molar refractivity (Wildman–Crippen MR) is 73.7 cm³/mol. The van der Waals surface area contributed by atoms with Crippen LogP contribution in [0.2, 0.25) is 0 Å². The van der Waals surface area contributed by atoms with Crippen molar-refractivity contribution in [3.8, 4) is 12.3 Å². The summed E-state index contributed by atoms with van der Waals surface area (Å²) in [6, 6.07) is 0.669. The topological polar surface area (TPSA) is 12.0 Å². The molecule has 1 rings (SSSR count). The maximum absolute atomic E-state index is 5.20. The molecule has 86 valence electrons. The molecule has 1 nitrogen and oxygen atoms in total. The van der Waals surface area contributed by atoms with Gasteiger partial charge in [0.05, 0.1) is 5.75 Å². The summed E-state index contributed by atoms with van der Waals surface area (Å²) in [4.78, 5) is 0. The first kappa shape index (κ1) is 13.3. The predicted octanol–water partition coefficient (Wildman–Crippen LogP) is 2.47. The van der Waals surface area contributed by atoms with Gasteiger partial charge in [-0.15, -0.1) is 18.2 Å². The summed E-state index contributed by atoms with van der Waals surface area (Å²) < 4.78 is 0. The molecule has 1 aliphatic rings. The first-order chi connectivity index (χ1) is 7.17. The molecule has 0 saturated carbocycles. The Balaban J connectivity index is 2.16. The highest BCUT2D eigenvalue weighted by molar-refractivity contribution is 7.99. The molecule has 3 heteroatoms. The van der Waals surface area contributed by atoms with Crippen molar-refractivity contribution in [3.63, 3.8) is 0 Å². The molecule has 15 heavy (non-hydrogen) atoms. The maximum atomic E-state index is 5.20. The van der Waals surface area contributed by atoms with Gasteiger partial charge in [-0.25, -0.2) is 0 Å². The second-order valence-corrected chi connectivity index (χ2v) is 6.83. The van der Waals surface area contributed by atoms with Gasteiger partial charge in [0.2, 0.25) is 0 Å². The van der Waals surface area contributed by atoms with Gasteiger partial charge in [0.15, 0.2) is 0 Å². The molecular formula is C12H21NS2. The summed E-state index contributed by atoms with van der Waals surface area (Å²) in [5, 5.41) is 3.66. The van der Waals surface area contributed by atoms with Crippen molar-refractivity contribution in [1.82, 2.24) is 5.32 Å². The van der Waals surface area contributed by atoms with E-state index in [1.165, 1.54) is 17.9 Å². The van der Waals surface area contributed by atoms with Crippen molar-refractivity contribution in [2.24, 2.45) is 5.41 Å². The van der Waals surface area contributed by atoms with E-state index >= 15 is 0 Å². The van der Waals surface area contributed by atoms with E-state index in [9.17, 15) is 0 Å². The minimum atomic E-state index is 0.460. The van der Waals surface area contributed by atoms with Gasteiger partial charge in [-0.05, 0) is 17.6 Å². The fourth-order valence-corrected chi connectivity index (χ4v) is 3.87. The van der Waals surface area contributed by atoms with E-state index in [0.29, 0.717) is 11.5 Å². The Morgan fingerprint density at radius 1 is 1.60 bits per heavy atom. The van der Waals surface area contributed by atoms with Crippen LogP contribution in [-0.4, -0.2) is 35.6 Å². The molecule has 1 N–H and O–H groups in total. The minimum Gasteiger partial charge on any atom is -0.312 e. The van der Waals surface area contributed by atoms with E-state index in [0.717, 1.165) is 18.1 Å². The Hall–Kier alpha value is 0.220. The Morgan fingerprint density at radius 2 is 2.40 bits per heavy atom. The van der Waals surface area contributed by atoms with E-state index in [1.54, 1.807) is 0 Å². The number of hydrogen-bond acceptors (Lipinski definition) is 3. The SMILES string of the molecule is C#CCSCCNC1CSCCC1(C)C. The molecule has 0 radical (unpaired) electrons. The van der Waals surface area contributed by atoms with E-state index in [1.807, 2.05) is 11.8 Å². The highest BCUT2D eigenvalue weighted by Gasteiger charge is 2.31. The molecule has 0 spiro atoms. The standard InChI is InChI=1S/C12H21NS2/c1-4-7-14-9-6-13-11-10-15-8-5-12(11,2)3/h1,11,13H,5-10H2,2-3H3. The third-order valence-electron chi connectivity index (χ3n) is 2.94. The van der Waals surface area contributed by atoms with Gasteiger partial charge in [-0.1, -0.05) is 19.8 Å². The first-order valence-electron chi connectivity index (χ1n) is 5.49. The van der Waals surface area contributed by atoms with Gasteiger partial charge in [-0.3, -0.25) is 0 Å². The van der Waals surface area contributed by atoms with Crippen LogP contribution in [0.4, 0.5) is 0 Å². The second kappa shape index (κ2) is 6.73. The lowest BCUT2D eigenvalue weighted by atomic mass is 9.82. The van der Waals surface area contributed by atoms with Crippen molar-refractivity contribution in [3.05, 3.63) is 0 Å². The molecule has 0 aromatic carbocycles. The summed E-state index contributed by atoms with van der Waals surface area (Å²) >= 11 is 3.91. The molecule has 1 atom stereocenters. The fraction of sp³-hybridized carbons (Fsp3) is 0.833. The second-order valence-electron chi connectivity index (χ2n) is 4.58. The zero-order chi connectivity index (χ0) is 11.1. The van der Waals surface area contributed by atoms with Gasteiger partial charge in [-0.2, -0.15) is 11.8 Å². The molecular weight excluding hydrogens is 222 g/mol. The van der Waals surface area contributed by atoms with Crippen LogP contribution in [0.1, 0.15) is 20.3 Å². The van der Waals surface area contributed by atoms with E-state index < -0.39 is 0 Å². The van der Waals surface area contributed by atoms with Crippen LogP contribution in [0, 0.1) is 17.8 Å². The molecule has 0 aromatic rings. The van der Waals surface area contributed by atoms with Crippen molar-refractivity contribution in [2.45, 2.75) is 26.3 Å². The number of terminal acetylenes is 1. The van der Waals surface area contributed by atoms with Gasteiger partial charge < -0.3 is 5.32 Å².